The summed E-state index contributed by atoms with van der Waals surface area (Å²) < 4.78 is 0. The summed E-state index contributed by atoms with van der Waals surface area (Å²) in [4.78, 5) is 26.9. The molecular formula is C20H21ClN2O2. The Kier molecular flexibility index (Phi) is 5.39. The fourth-order valence-electron chi connectivity index (χ4n) is 3.18. The lowest BCUT2D eigenvalue weighted by Gasteiger charge is -2.30. The molecule has 0 spiro atoms. The van der Waals surface area contributed by atoms with E-state index in [0.29, 0.717) is 17.1 Å². The standard InChI is InChI=1S/C20H21ClN2O2/c1-2-3-9-19(25)23-13-18(24)22-17-11-10-15(21)12-16(17)20(23)14-7-5-4-6-8-14/h4-8,10-12,20H,2-3,9,13H2,1H3,(H,22,24)/t20-/m1/s1. The highest BCUT2D eigenvalue weighted by molar-refractivity contribution is 6.30. The van der Waals surface area contributed by atoms with Crippen LogP contribution in [0.2, 0.25) is 5.02 Å². The summed E-state index contributed by atoms with van der Waals surface area (Å²) in [6.45, 7) is 2.08. The van der Waals surface area contributed by atoms with E-state index in [0.717, 1.165) is 24.0 Å². The van der Waals surface area contributed by atoms with Crippen LogP contribution in [0.25, 0.3) is 0 Å². The van der Waals surface area contributed by atoms with Crippen molar-refractivity contribution in [3.8, 4) is 0 Å². The second-order valence-corrected chi connectivity index (χ2v) is 6.65. The van der Waals surface area contributed by atoms with E-state index in [1.54, 1.807) is 17.0 Å². The number of hydrogen-bond donors (Lipinski definition) is 1. The zero-order valence-corrected chi connectivity index (χ0v) is 14.9. The first-order valence-electron chi connectivity index (χ1n) is 8.54. The maximum atomic E-state index is 12.8. The summed E-state index contributed by atoms with van der Waals surface area (Å²) in [6.07, 6.45) is 2.17. The first kappa shape index (κ1) is 17.5. The van der Waals surface area contributed by atoms with Gasteiger partial charge in [0.2, 0.25) is 11.8 Å². The molecule has 3 rings (SSSR count). The van der Waals surface area contributed by atoms with E-state index < -0.39 is 0 Å². The molecule has 1 heterocycles. The number of nitrogens with zero attached hydrogens (tertiary/aromatic N) is 1. The second kappa shape index (κ2) is 7.70. The number of halogens is 1. The number of rotatable bonds is 4. The van der Waals surface area contributed by atoms with Gasteiger partial charge in [0.05, 0.1) is 6.04 Å². The van der Waals surface area contributed by atoms with E-state index >= 15 is 0 Å². The molecule has 0 radical (unpaired) electrons. The van der Waals surface area contributed by atoms with Crippen LogP contribution in [0.4, 0.5) is 5.69 Å². The van der Waals surface area contributed by atoms with Gasteiger partial charge in [-0.1, -0.05) is 55.3 Å². The topological polar surface area (TPSA) is 49.4 Å². The number of amides is 2. The zero-order valence-electron chi connectivity index (χ0n) is 14.2. The first-order valence-corrected chi connectivity index (χ1v) is 8.91. The van der Waals surface area contributed by atoms with E-state index in [1.807, 2.05) is 43.3 Å². The van der Waals surface area contributed by atoms with E-state index in [-0.39, 0.29) is 24.4 Å². The summed E-state index contributed by atoms with van der Waals surface area (Å²) in [6, 6.07) is 14.8. The fourth-order valence-corrected chi connectivity index (χ4v) is 3.36. The smallest absolute Gasteiger partial charge is 0.244 e. The van der Waals surface area contributed by atoms with Crippen LogP contribution < -0.4 is 5.32 Å². The molecule has 5 heteroatoms. The molecule has 1 atom stereocenters. The second-order valence-electron chi connectivity index (χ2n) is 6.22. The number of hydrogen-bond acceptors (Lipinski definition) is 2. The highest BCUT2D eigenvalue weighted by atomic mass is 35.5. The van der Waals surface area contributed by atoms with Crippen LogP contribution in [0, 0.1) is 0 Å². The molecule has 0 aliphatic carbocycles. The summed E-state index contributed by atoms with van der Waals surface area (Å²) in [7, 11) is 0. The zero-order chi connectivity index (χ0) is 17.8. The van der Waals surface area contributed by atoms with Gasteiger partial charge in [0.1, 0.15) is 6.54 Å². The third-order valence-electron chi connectivity index (χ3n) is 4.39. The molecule has 0 bridgehead atoms. The lowest BCUT2D eigenvalue weighted by molar-refractivity contribution is -0.136. The Bertz CT molecular complexity index is 777. The lowest BCUT2D eigenvalue weighted by atomic mass is 9.95. The van der Waals surface area contributed by atoms with Gasteiger partial charge in [0, 0.05) is 22.7 Å². The first-order chi connectivity index (χ1) is 12.1. The molecule has 2 aromatic rings. The molecule has 0 saturated carbocycles. The van der Waals surface area contributed by atoms with Gasteiger partial charge in [-0.3, -0.25) is 9.59 Å². The minimum Gasteiger partial charge on any atom is -0.324 e. The minimum atomic E-state index is -0.335. The van der Waals surface area contributed by atoms with Crippen molar-refractivity contribution >= 4 is 29.1 Å². The molecule has 0 aromatic heterocycles. The van der Waals surface area contributed by atoms with Gasteiger partial charge in [-0.15, -0.1) is 0 Å². The average Bonchev–Trinajstić information content (AvgIpc) is 2.76. The summed E-state index contributed by atoms with van der Waals surface area (Å²) in [5.74, 6) is -0.203. The lowest BCUT2D eigenvalue weighted by Crippen LogP contribution is -2.38. The Morgan fingerprint density at radius 2 is 2.00 bits per heavy atom. The molecule has 0 fully saturated rings. The van der Waals surface area contributed by atoms with Gasteiger partial charge < -0.3 is 10.2 Å². The predicted octanol–water partition coefficient (Wildman–Crippen LogP) is 4.40. The summed E-state index contributed by atoms with van der Waals surface area (Å²) in [5.41, 5.74) is 2.51. The monoisotopic (exact) mass is 356 g/mol. The van der Waals surface area contributed by atoms with Crippen LogP contribution in [-0.2, 0) is 9.59 Å². The van der Waals surface area contributed by atoms with Crippen molar-refractivity contribution in [1.82, 2.24) is 4.90 Å². The Hall–Kier alpha value is -2.33. The molecule has 1 N–H and O–H groups in total. The minimum absolute atomic E-state index is 0.0151. The van der Waals surface area contributed by atoms with Crippen molar-refractivity contribution in [1.29, 1.82) is 0 Å². The van der Waals surface area contributed by atoms with Crippen molar-refractivity contribution in [2.24, 2.45) is 0 Å². The van der Waals surface area contributed by atoms with Crippen molar-refractivity contribution in [3.63, 3.8) is 0 Å². The van der Waals surface area contributed by atoms with Crippen LogP contribution >= 0.6 is 11.6 Å². The predicted molar refractivity (Wildman–Crippen MR) is 99.6 cm³/mol. The molecule has 130 valence electrons. The number of carbonyl (C=O) groups excluding carboxylic acids is 2. The molecule has 0 saturated heterocycles. The van der Waals surface area contributed by atoms with E-state index in [2.05, 4.69) is 5.32 Å². The number of benzene rings is 2. The Morgan fingerprint density at radius 1 is 1.24 bits per heavy atom. The van der Waals surface area contributed by atoms with E-state index in [4.69, 9.17) is 11.6 Å². The number of unbranched alkanes of at least 4 members (excludes halogenated alkanes) is 1. The number of fused-ring (bicyclic) bond motifs is 1. The van der Waals surface area contributed by atoms with Gasteiger partial charge in [0.15, 0.2) is 0 Å². The van der Waals surface area contributed by atoms with Crippen molar-refractivity contribution in [3.05, 3.63) is 64.7 Å². The van der Waals surface area contributed by atoms with Gasteiger partial charge in [-0.25, -0.2) is 0 Å². The van der Waals surface area contributed by atoms with Crippen molar-refractivity contribution < 1.29 is 9.59 Å². The SMILES string of the molecule is CCCCC(=O)N1CC(=O)Nc2ccc(Cl)cc2[C@H]1c1ccccc1. The molecule has 25 heavy (non-hydrogen) atoms. The Balaban J connectivity index is 2.12. The highest BCUT2D eigenvalue weighted by Gasteiger charge is 2.33. The van der Waals surface area contributed by atoms with E-state index in [1.165, 1.54) is 0 Å². The highest BCUT2D eigenvalue weighted by Crippen LogP contribution is 2.37. The van der Waals surface area contributed by atoms with Gasteiger partial charge in [0.25, 0.3) is 0 Å². The van der Waals surface area contributed by atoms with Gasteiger partial charge in [-0.2, -0.15) is 0 Å². The quantitative estimate of drug-likeness (QED) is 0.882. The molecular weight excluding hydrogens is 336 g/mol. The molecule has 1 aliphatic heterocycles. The summed E-state index contributed by atoms with van der Waals surface area (Å²) >= 11 is 6.21. The maximum Gasteiger partial charge on any atom is 0.244 e. The van der Waals surface area contributed by atoms with Gasteiger partial charge in [-0.05, 0) is 30.2 Å². The normalized spacial score (nSPS) is 16.8. The van der Waals surface area contributed by atoms with E-state index in [9.17, 15) is 9.59 Å². The third kappa shape index (κ3) is 3.85. The third-order valence-corrected chi connectivity index (χ3v) is 4.62. The summed E-state index contributed by atoms with van der Waals surface area (Å²) in [5, 5.41) is 3.48. The number of carbonyl (C=O) groups is 2. The molecule has 1 aliphatic rings. The van der Waals surface area contributed by atoms with Crippen LogP contribution in [0.15, 0.2) is 48.5 Å². The molecule has 0 unspecified atom stereocenters. The van der Waals surface area contributed by atoms with Gasteiger partial charge >= 0.3 is 0 Å². The van der Waals surface area contributed by atoms with Crippen molar-refractivity contribution in [2.45, 2.75) is 32.2 Å². The average molecular weight is 357 g/mol. The Labute approximate surface area is 152 Å². The molecule has 4 nitrogen and oxygen atoms in total. The largest absolute Gasteiger partial charge is 0.324 e. The van der Waals surface area contributed by atoms with Crippen LogP contribution in [0.5, 0.6) is 0 Å². The van der Waals surface area contributed by atoms with Crippen LogP contribution in [0.1, 0.15) is 43.4 Å². The van der Waals surface area contributed by atoms with Crippen LogP contribution in [0.3, 0.4) is 0 Å². The number of anilines is 1. The molecule has 2 aromatic carbocycles. The molecule has 2 amide bonds. The van der Waals surface area contributed by atoms with Crippen LogP contribution in [-0.4, -0.2) is 23.3 Å². The van der Waals surface area contributed by atoms with Crippen molar-refractivity contribution in [2.75, 3.05) is 11.9 Å². The Morgan fingerprint density at radius 3 is 2.72 bits per heavy atom. The fraction of sp³-hybridized carbons (Fsp3) is 0.300. The maximum absolute atomic E-state index is 12.8. The number of nitrogens with one attached hydrogen (secondary N) is 1.